The lowest BCUT2D eigenvalue weighted by Gasteiger charge is -1.81. The Morgan fingerprint density at radius 1 is 1.40 bits per heavy atom. The van der Waals surface area contributed by atoms with Gasteiger partial charge < -0.3 is 4.98 Å². The zero-order valence-corrected chi connectivity index (χ0v) is 4.27. The largest absolute Gasteiger partial charge is 0.325 e. The molecule has 10 heavy (non-hydrogen) atoms. The molecule has 2 N–H and O–H groups in total. The Hall–Kier alpha value is -1.39. The summed E-state index contributed by atoms with van der Waals surface area (Å²) in [6, 6.07) is 0. The van der Waals surface area contributed by atoms with Crippen LogP contribution in [0.2, 0.25) is 0 Å². The summed E-state index contributed by atoms with van der Waals surface area (Å²) in [5.41, 5.74) is -1.71. The van der Waals surface area contributed by atoms with E-state index < -0.39 is 17.1 Å². The molecule has 4 nitrogen and oxygen atoms in total. The zero-order chi connectivity index (χ0) is 6.85. The quantitative estimate of drug-likeness (QED) is 0.534. The molecule has 0 spiro atoms. The van der Waals surface area contributed by atoms with E-state index in [1.807, 2.05) is 4.98 Å². The first-order valence-corrected chi connectivity index (χ1v) is 2.17. The molecule has 1 aromatic rings. The van der Waals surface area contributed by atoms with Crippen LogP contribution in [0.5, 0.6) is 0 Å². The number of halogens is 1. The van der Waals surface area contributed by atoms with E-state index in [4.69, 9.17) is 0 Å². The van der Waals surface area contributed by atoms with Crippen molar-refractivity contribution in [2.45, 2.75) is 7.43 Å². The SMILES string of the molecule is C.O=c1[nH]cc(F)c(=O)[nH]1. The molecule has 0 aliphatic rings. The summed E-state index contributed by atoms with van der Waals surface area (Å²) in [7, 11) is 0. The lowest BCUT2D eigenvalue weighted by molar-refractivity contribution is 0.597. The van der Waals surface area contributed by atoms with Gasteiger partial charge in [-0.2, -0.15) is 4.39 Å². The minimum Gasteiger partial charge on any atom is -0.311 e. The second-order valence-electron chi connectivity index (χ2n) is 1.42. The van der Waals surface area contributed by atoms with Gasteiger partial charge in [-0.3, -0.25) is 9.78 Å². The Morgan fingerprint density at radius 3 is 2.40 bits per heavy atom. The first kappa shape index (κ1) is 8.61. The van der Waals surface area contributed by atoms with Crippen molar-refractivity contribution in [1.29, 1.82) is 0 Å². The van der Waals surface area contributed by atoms with Gasteiger partial charge in [0.15, 0.2) is 0 Å². The molecule has 0 aromatic carbocycles. The highest BCUT2D eigenvalue weighted by Gasteiger charge is 1.93. The molecule has 0 bridgehead atoms. The molecule has 0 aliphatic carbocycles. The molecule has 0 atom stereocenters. The average Bonchev–Trinajstić information content (AvgIpc) is 1.80. The predicted octanol–water partition coefficient (Wildman–Crippen LogP) is -0.162. The van der Waals surface area contributed by atoms with Gasteiger partial charge in [0.05, 0.1) is 0 Å². The molecule has 0 aliphatic heterocycles. The number of nitrogens with one attached hydrogen (secondary N) is 2. The smallest absolute Gasteiger partial charge is 0.311 e. The van der Waals surface area contributed by atoms with Crippen LogP contribution >= 0.6 is 0 Å². The summed E-state index contributed by atoms with van der Waals surface area (Å²) in [6.07, 6.45) is 0.709. The topological polar surface area (TPSA) is 65.7 Å². The van der Waals surface area contributed by atoms with Crippen LogP contribution in [0.15, 0.2) is 15.8 Å². The van der Waals surface area contributed by atoms with Gasteiger partial charge in [0, 0.05) is 6.20 Å². The van der Waals surface area contributed by atoms with Gasteiger partial charge >= 0.3 is 5.69 Å². The van der Waals surface area contributed by atoms with Gasteiger partial charge in [-0.1, -0.05) is 7.43 Å². The molecule has 1 heterocycles. The number of rotatable bonds is 0. The predicted molar refractivity (Wildman–Crippen MR) is 34.4 cm³/mol. The summed E-state index contributed by atoms with van der Waals surface area (Å²) in [5.74, 6) is -0.991. The first-order valence-electron chi connectivity index (χ1n) is 2.17. The Bertz CT molecular complexity index is 314. The second-order valence-corrected chi connectivity index (χ2v) is 1.42. The summed E-state index contributed by atoms with van der Waals surface area (Å²) in [5, 5.41) is 0. The van der Waals surface area contributed by atoms with Crippen molar-refractivity contribution in [1.82, 2.24) is 9.97 Å². The fourth-order valence-electron chi connectivity index (χ4n) is 0.393. The third-order valence-electron chi connectivity index (χ3n) is 0.774. The highest BCUT2D eigenvalue weighted by Crippen LogP contribution is 1.74. The van der Waals surface area contributed by atoms with Crippen LogP contribution in [0, 0.1) is 5.82 Å². The lowest BCUT2D eigenvalue weighted by Crippen LogP contribution is -2.23. The molecule has 0 amide bonds. The van der Waals surface area contributed by atoms with Crippen LogP contribution in [-0.2, 0) is 0 Å². The van der Waals surface area contributed by atoms with E-state index in [1.165, 1.54) is 0 Å². The molecule has 5 heteroatoms. The van der Waals surface area contributed by atoms with Gasteiger partial charge in [-0.05, 0) is 0 Å². The summed E-state index contributed by atoms with van der Waals surface area (Å²) in [6.45, 7) is 0. The Balaban J connectivity index is 0.000000810. The maximum absolute atomic E-state index is 12.0. The van der Waals surface area contributed by atoms with Crippen molar-refractivity contribution >= 4 is 0 Å². The molecule has 0 radical (unpaired) electrons. The molecular formula is C5H7FN2O2. The van der Waals surface area contributed by atoms with Crippen molar-refractivity contribution in [2.24, 2.45) is 0 Å². The van der Waals surface area contributed by atoms with Crippen molar-refractivity contribution in [2.75, 3.05) is 0 Å². The number of aromatic nitrogens is 2. The van der Waals surface area contributed by atoms with Crippen molar-refractivity contribution in [3.05, 3.63) is 32.9 Å². The van der Waals surface area contributed by atoms with Crippen molar-refractivity contribution < 1.29 is 4.39 Å². The fourth-order valence-corrected chi connectivity index (χ4v) is 0.393. The standard InChI is InChI=1S/C4H3FN2O2.CH4/c5-2-1-6-4(9)7-3(2)8;/h1H,(H2,6,7,8,9);1H4. The van der Waals surface area contributed by atoms with E-state index in [0.717, 1.165) is 0 Å². The summed E-state index contributed by atoms with van der Waals surface area (Å²) < 4.78 is 12.0. The highest BCUT2D eigenvalue weighted by atomic mass is 19.1. The number of aromatic amines is 2. The summed E-state index contributed by atoms with van der Waals surface area (Å²) in [4.78, 5) is 24.0. The molecule has 1 rings (SSSR count). The van der Waals surface area contributed by atoms with E-state index in [0.29, 0.717) is 6.20 Å². The van der Waals surface area contributed by atoms with Crippen molar-refractivity contribution in [3.8, 4) is 0 Å². The molecular weight excluding hydrogens is 139 g/mol. The number of H-pyrrole nitrogens is 2. The van der Waals surface area contributed by atoms with Gasteiger partial charge in [-0.15, -0.1) is 0 Å². The van der Waals surface area contributed by atoms with Crippen LogP contribution in [0.3, 0.4) is 0 Å². The maximum Gasteiger partial charge on any atom is 0.325 e. The van der Waals surface area contributed by atoms with Crippen LogP contribution < -0.4 is 11.2 Å². The Kier molecular flexibility index (Phi) is 2.54. The first-order chi connectivity index (χ1) is 4.20. The monoisotopic (exact) mass is 146 g/mol. The highest BCUT2D eigenvalue weighted by molar-refractivity contribution is 4.83. The average molecular weight is 146 g/mol. The molecule has 56 valence electrons. The van der Waals surface area contributed by atoms with Crippen LogP contribution in [-0.4, -0.2) is 9.97 Å². The number of hydrogen-bond acceptors (Lipinski definition) is 2. The minimum absolute atomic E-state index is 0. The summed E-state index contributed by atoms with van der Waals surface area (Å²) >= 11 is 0. The molecule has 0 unspecified atom stereocenters. The van der Waals surface area contributed by atoms with E-state index in [2.05, 4.69) is 0 Å². The van der Waals surface area contributed by atoms with Crippen LogP contribution in [0.4, 0.5) is 4.39 Å². The lowest BCUT2D eigenvalue weighted by atomic mass is 10.6. The van der Waals surface area contributed by atoms with E-state index in [9.17, 15) is 14.0 Å². The fraction of sp³-hybridized carbons (Fsp3) is 0.200. The zero-order valence-electron chi connectivity index (χ0n) is 4.27. The molecule has 0 saturated carbocycles. The third-order valence-corrected chi connectivity index (χ3v) is 0.774. The van der Waals surface area contributed by atoms with E-state index >= 15 is 0 Å². The van der Waals surface area contributed by atoms with Gasteiger partial charge in [0.25, 0.3) is 5.56 Å². The molecule has 0 saturated heterocycles. The maximum atomic E-state index is 12.0. The molecule has 0 fully saturated rings. The normalized spacial score (nSPS) is 8.50. The van der Waals surface area contributed by atoms with Crippen LogP contribution in [0.1, 0.15) is 7.43 Å². The molecule has 1 aromatic heterocycles. The van der Waals surface area contributed by atoms with Crippen LogP contribution in [0.25, 0.3) is 0 Å². The third kappa shape index (κ3) is 1.54. The van der Waals surface area contributed by atoms with Gasteiger partial charge in [0.2, 0.25) is 5.82 Å². The number of hydrogen-bond donors (Lipinski definition) is 2. The van der Waals surface area contributed by atoms with E-state index in [1.54, 1.807) is 4.98 Å². The van der Waals surface area contributed by atoms with Crippen molar-refractivity contribution in [3.63, 3.8) is 0 Å². The second kappa shape index (κ2) is 2.95. The van der Waals surface area contributed by atoms with E-state index in [-0.39, 0.29) is 7.43 Å². The van der Waals surface area contributed by atoms with Gasteiger partial charge in [0.1, 0.15) is 0 Å². The van der Waals surface area contributed by atoms with Gasteiger partial charge in [-0.25, -0.2) is 4.79 Å². The Morgan fingerprint density at radius 2 is 2.00 bits per heavy atom. The minimum atomic E-state index is -1.00. The Labute approximate surface area is 55.7 Å².